The number of hydrogen-bond donors (Lipinski definition) is 1. The highest BCUT2D eigenvalue weighted by atomic mass is 32.2. The number of carbonyl (C=O) groups excluding carboxylic acids is 1. The number of rotatable bonds is 7. The predicted octanol–water partition coefficient (Wildman–Crippen LogP) is 5.71. The Morgan fingerprint density at radius 2 is 1.89 bits per heavy atom. The molecule has 0 spiro atoms. The summed E-state index contributed by atoms with van der Waals surface area (Å²) in [5.41, 5.74) is 5.04. The van der Waals surface area contributed by atoms with E-state index in [2.05, 4.69) is 52.8 Å². The summed E-state index contributed by atoms with van der Waals surface area (Å²) in [5.74, 6) is 0.858. The van der Waals surface area contributed by atoms with Gasteiger partial charge in [-0.25, -0.2) is 0 Å². The minimum absolute atomic E-state index is 0.145. The van der Waals surface area contributed by atoms with Crippen molar-refractivity contribution in [3.8, 4) is 11.8 Å². The number of nitrogens with zero attached hydrogens (tertiary/aromatic N) is 4. The van der Waals surface area contributed by atoms with E-state index in [4.69, 9.17) is 0 Å². The number of thiophene rings is 1. The average Bonchev–Trinajstić information content (AvgIpc) is 3.44. The van der Waals surface area contributed by atoms with E-state index in [1.165, 1.54) is 22.2 Å². The third kappa shape index (κ3) is 5.16. The van der Waals surface area contributed by atoms with E-state index < -0.39 is 0 Å². The Morgan fingerprint density at radius 3 is 2.66 bits per heavy atom. The van der Waals surface area contributed by atoms with E-state index >= 15 is 0 Å². The van der Waals surface area contributed by atoms with Gasteiger partial charge in [-0.05, 0) is 55.9 Å². The van der Waals surface area contributed by atoms with Crippen LogP contribution in [0.2, 0.25) is 0 Å². The molecule has 35 heavy (non-hydrogen) atoms. The number of thioether (sulfide) groups is 1. The molecule has 4 aromatic rings. The Bertz CT molecular complexity index is 1380. The Labute approximate surface area is 213 Å². The van der Waals surface area contributed by atoms with Crippen LogP contribution in [0.1, 0.15) is 45.8 Å². The molecule has 8 heteroatoms. The Morgan fingerprint density at radius 1 is 1.11 bits per heavy atom. The lowest BCUT2D eigenvalue weighted by Crippen LogP contribution is -2.14. The van der Waals surface area contributed by atoms with Crippen molar-refractivity contribution < 1.29 is 4.79 Å². The van der Waals surface area contributed by atoms with Gasteiger partial charge in [-0.2, -0.15) is 5.26 Å². The predicted molar refractivity (Wildman–Crippen MR) is 140 cm³/mol. The summed E-state index contributed by atoms with van der Waals surface area (Å²) in [6.07, 6.45) is 4.79. The Balaban J connectivity index is 1.35. The van der Waals surface area contributed by atoms with Gasteiger partial charge in [-0.3, -0.25) is 9.36 Å². The van der Waals surface area contributed by atoms with E-state index in [1.807, 2.05) is 34.9 Å². The summed E-state index contributed by atoms with van der Waals surface area (Å²) < 4.78 is 2.02. The minimum atomic E-state index is -0.145. The van der Waals surface area contributed by atoms with Crippen LogP contribution in [-0.2, 0) is 24.1 Å². The minimum Gasteiger partial charge on any atom is -0.316 e. The average molecular weight is 500 g/mol. The third-order valence-corrected chi connectivity index (χ3v) is 8.20. The molecule has 0 aliphatic heterocycles. The molecule has 0 unspecified atom stereocenters. The quantitative estimate of drug-likeness (QED) is 0.329. The lowest BCUT2D eigenvalue weighted by Gasteiger charge is -2.11. The second-order valence-electron chi connectivity index (χ2n) is 8.60. The molecule has 1 aliphatic carbocycles. The van der Waals surface area contributed by atoms with Gasteiger partial charge in [0.15, 0.2) is 5.16 Å². The van der Waals surface area contributed by atoms with Crippen molar-refractivity contribution in [2.24, 2.45) is 0 Å². The van der Waals surface area contributed by atoms with Gasteiger partial charge in [0.25, 0.3) is 0 Å². The molecule has 1 N–H and O–H groups in total. The van der Waals surface area contributed by atoms with Gasteiger partial charge in [-0.15, -0.1) is 21.5 Å². The van der Waals surface area contributed by atoms with Crippen LogP contribution in [0.3, 0.4) is 0 Å². The first-order chi connectivity index (χ1) is 17.1. The van der Waals surface area contributed by atoms with E-state index in [1.54, 1.807) is 11.3 Å². The molecule has 176 valence electrons. The van der Waals surface area contributed by atoms with Gasteiger partial charge in [0, 0.05) is 17.0 Å². The van der Waals surface area contributed by atoms with Crippen LogP contribution in [0.4, 0.5) is 5.00 Å². The molecule has 0 bridgehead atoms. The molecule has 5 rings (SSSR count). The maximum atomic E-state index is 12.9. The number of amides is 1. The maximum Gasteiger partial charge on any atom is 0.235 e. The van der Waals surface area contributed by atoms with Crippen molar-refractivity contribution in [1.82, 2.24) is 14.8 Å². The summed E-state index contributed by atoms with van der Waals surface area (Å²) in [5, 5.41) is 22.9. The number of hydrogen-bond acceptors (Lipinski definition) is 6. The molecule has 2 aromatic heterocycles. The highest BCUT2D eigenvalue weighted by Gasteiger charge is 2.22. The normalized spacial score (nSPS) is 12.7. The summed E-state index contributed by atoms with van der Waals surface area (Å²) in [6, 6.07) is 20.7. The molecule has 0 saturated carbocycles. The van der Waals surface area contributed by atoms with Crippen LogP contribution >= 0.6 is 23.1 Å². The maximum absolute atomic E-state index is 12.9. The van der Waals surface area contributed by atoms with Crippen molar-refractivity contribution in [3.63, 3.8) is 0 Å². The van der Waals surface area contributed by atoms with Crippen molar-refractivity contribution in [1.29, 1.82) is 5.26 Å². The van der Waals surface area contributed by atoms with E-state index in [0.29, 0.717) is 22.1 Å². The number of nitrogens with one attached hydrogen (secondary N) is 1. The molecule has 0 atom stereocenters. The zero-order chi connectivity index (χ0) is 24.2. The van der Waals surface area contributed by atoms with Crippen molar-refractivity contribution in [2.45, 2.75) is 44.2 Å². The molecule has 1 aliphatic rings. The van der Waals surface area contributed by atoms with Crippen molar-refractivity contribution in [3.05, 3.63) is 87.6 Å². The molecule has 2 heterocycles. The molecule has 6 nitrogen and oxygen atoms in total. The van der Waals surface area contributed by atoms with E-state index in [9.17, 15) is 10.1 Å². The second kappa shape index (κ2) is 10.5. The Kier molecular flexibility index (Phi) is 6.98. The van der Waals surface area contributed by atoms with Crippen molar-refractivity contribution >= 4 is 34.0 Å². The van der Waals surface area contributed by atoms with Gasteiger partial charge in [0.1, 0.15) is 16.9 Å². The summed E-state index contributed by atoms with van der Waals surface area (Å²) in [7, 11) is 0. The molecule has 2 aromatic carbocycles. The van der Waals surface area contributed by atoms with Gasteiger partial charge in [0.2, 0.25) is 5.91 Å². The lowest BCUT2D eigenvalue weighted by atomic mass is 9.96. The fourth-order valence-electron chi connectivity index (χ4n) is 4.30. The standard InChI is InChI=1S/C27H25N5OS2/c1-18-11-13-20(14-12-18)32-24(15-19-7-3-2-4-8-19)30-31-27(32)34-17-25(33)29-26-22(16-28)21-9-5-6-10-23(21)35-26/h2-4,7-8,11-14H,5-6,9-10,15,17H2,1H3,(H,29,33). The molecular formula is C27H25N5OS2. The molecule has 1 amide bonds. The highest BCUT2D eigenvalue weighted by Crippen LogP contribution is 2.37. The van der Waals surface area contributed by atoms with Crippen LogP contribution < -0.4 is 5.32 Å². The zero-order valence-corrected chi connectivity index (χ0v) is 21.1. The highest BCUT2D eigenvalue weighted by molar-refractivity contribution is 7.99. The summed E-state index contributed by atoms with van der Waals surface area (Å²) in [6.45, 7) is 2.05. The van der Waals surface area contributed by atoms with Gasteiger partial charge >= 0.3 is 0 Å². The topological polar surface area (TPSA) is 83.6 Å². The summed E-state index contributed by atoms with van der Waals surface area (Å²) in [4.78, 5) is 14.1. The number of aryl methyl sites for hydroxylation is 2. The summed E-state index contributed by atoms with van der Waals surface area (Å²) >= 11 is 2.90. The van der Waals surface area contributed by atoms with Gasteiger partial charge in [-0.1, -0.05) is 59.8 Å². The van der Waals surface area contributed by atoms with Crippen molar-refractivity contribution in [2.75, 3.05) is 11.1 Å². The first kappa shape index (κ1) is 23.3. The van der Waals surface area contributed by atoms with Gasteiger partial charge in [0.05, 0.1) is 11.3 Å². The number of fused-ring (bicyclic) bond motifs is 1. The first-order valence-electron chi connectivity index (χ1n) is 11.6. The number of nitriles is 1. The lowest BCUT2D eigenvalue weighted by molar-refractivity contribution is -0.113. The monoisotopic (exact) mass is 499 g/mol. The van der Waals surface area contributed by atoms with Crippen LogP contribution in [0.5, 0.6) is 0 Å². The fourth-order valence-corrected chi connectivity index (χ4v) is 6.33. The number of anilines is 1. The van der Waals surface area contributed by atoms with Gasteiger partial charge < -0.3 is 5.32 Å². The number of benzene rings is 2. The van der Waals surface area contributed by atoms with E-state index in [0.717, 1.165) is 48.3 Å². The van der Waals surface area contributed by atoms with Crippen LogP contribution in [0.15, 0.2) is 59.8 Å². The second-order valence-corrected chi connectivity index (χ2v) is 10.6. The molecule has 0 radical (unpaired) electrons. The largest absolute Gasteiger partial charge is 0.316 e. The number of aromatic nitrogens is 3. The van der Waals surface area contributed by atoms with Crippen LogP contribution in [0.25, 0.3) is 5.69 Å². The fraction of sp³-hybridized carbons (Fsp3) is 0.259. The molecule has 0 saturated heterocycles. The SMILES string of the molecule is Cc1ccc(-n2c(Cc3ccccc3)nnc2SCC(=O)Nc2sc3c(c2C#N)CCCC3)cc1. The van der Waals surface area contributed by atoms with E-state index in [-0.39, 0.29) is 11.7 Å². The third-order valence-electron chi connectivity index (χ3n) is 6.07. The smallest absolute Gasteiger partial charge is 0.235 e. The first-order valence-corrected chi connectivity index (χ1v) is 13.4. The van der Waals surface area contributed by atoms with Crippen LogP contribution in [0, 0.1) is 18.3 Å². The molecule has 0 fully saturated rings. The Hall–Kier alpha value is -3.41. The van der Waals surface area contributed by atoms with Crippen LogP contribution in [-0.4, -0.2) is 26.4 Å². The molecular weight excluding hydrogens is 474 g/mol. The zero-order valence-electron chi connectivity index (χ0n) is 19.5. The number of carbonyl (C=O) groups is 1.